The molecule has 1 aliphatic rings. The molecule has 0 radical (unpaired) electrons. The molecule has 6 heteroatoms. The molecule has 1 saturated heterocycles. The first-order valence-corrected chi connectivity index (χ1v) is 7.91. The minimum absolute atomic E-state index is 0.182. The number of hydrogen-bond donors (Lipinski definition) is 1. The molecule has 3 heterocycles. The molecule has 0 bridgehead atoms. The van der Waals surface area contributed by atoms with Gasteiger partial charge in [-0.15, -0.1) is 11.3 Å². The average Bonchev–Trinajstić information content (AvgIpc) is 3.16. The van der Waals surface area contributed by atoms with Crippen molar-refractivity contribution in [2.45, 2.75) is 6.04 Å². The first kappa shape index (κ1) is 12.9. The number of likely N-dealkylation sites (N-methyl/N-ethyl adjacent to an activating group) is 1. The highest BCUT2D eigenvalue weighted by atomic mass is 32.1. The highest BCUT2D eigenvalue weighted by Crippen LogP contribution is 2.28. The van der Waals surface area contributed by atoms with E-state index in [1.54, 1.807) is 11.3 Å². The maximum Gasteiger partial charge on any atom is 0.258 e. The van der Waals surface area contributed by atoms with Crippen LogP contribution in [-0.4, -0.2) is 41.7 Å². The number of rotatable bonds is 2. The Morgan fingerprint density at radius 2 is 2.33 bits per heavy atom. The normalized spacial score (nSPS) is 20.1. The zero-order chi connectivity index (χ0) is 14.2. The van der Waals surface area contributed by atoms with E-state index in [-0.39, 0.29) is 6.04 Å². The van der Waals surface area contributed by atoms with Gasteiger partial charge in [0.2, 0.25) is 0 Å². The third kappa shape index (κ3) is 2.35. The van der Waals surface area contributed by atoms with Crippen LogP contribution in [0.5, 0.6) is 0 Å². The SMILES string of the molecule is CN1CCNCC1c1noc(-c2ccc3sccc3c2)n1. The number of nitrogens with zero attached hydrogens (tertiary/aromatic N) is 3. The summed E-state index contributed by atoms with van der Waals surface area (Å²) in [6, 6.07) is 8.54. The molecule has 0 aliphatic carbocycles. The minimum Gasteiger partial charge on any atom is -0.334 e. The van der Waals surface area contributed by atoms with Crippen molar-refractivity contribution >= 4 is 21.4 Å². The van der Waals surface area contributed by atoms with Gasteiger partial charge in [-0.1, -0.05) is 5.16 Å². The van der Waals surface area contributed by atoms with Crippen LogP contribution < -0.4 is 5.32 Å². The highest BCUT2D eigenvalue weighted by molar-refractivity contribution is 7.17. The van der Waals surface area contributed by atoms with E-state index in [9.17, 15) is 0 Å². The van der Waals surface area contributed by atoms with Crippen LogP contribution >= 0.6 is 11.3 Å². The third-order valence-corrected chi connectivity index (χ3v) is 4.85. The maximum atomic E-state index is 5.47. The van der Waals surface area contributed by atoms with Gasteiger partial charge in [-0.25, -0.2) is 0 Å². The Hall–Kier alpha value is -1.76. The van der Waals surface area contributed by atoms with E-state index in [0.29, 0.717) is 5.89 Å². The van der Waals surface area contributed by atoms with Crippen LogP contribution in [0.2, 0.25) is 0 Å². The van der Waals surface area contributed by atoms with Crippen molar-refractivity contribution in [3.63, 3.8) is 0 Å². The van der Waals surface area contributed by atoms with Gasteiger partial charge in [0.05, 0.1) is 6.04 Å². The fourth-order valence-corrected chi connectivity index (χ4v) is 3.45. The quantitative estimate of drug-likeness (QED) is 0.788. The summed E-state index contributed by atoms with van der Waals surface area (Å²) in [6.45, 7) is 2.86. The largest absolute Gasteiger partial charge is 0.334 e. The van der Waals surface area contributed by atoms with Crippen molar-refractivity contribution < 1.29 is 4.52 Å². The predicted octanol–water partition coefficient (Wildman–Crippen LogP) is 2.53. The van der Waals surface area contributed by atoms with E-state index in [0.717, 1.165) is 31.0 Å². The van der Waals surface area contributed by atoms with Crippen LogP contribution in [-0.2, 0) is 0 Å². The number of piperazine rings is 1. The van der Waals surface area contributed by atoms with Crippen LogP contribution in [0, 0.1) is 0 Å². The molecule has 1 unspecified atom stereocenters. The van der Waals surface area contributed by atoms with E-state index in [4.69, 9.17) is 4.52 Å². The van der Waals surface area contributed by atoms with Crippen molar-refractivity contribution in [3.05, 3.63) is 35.5 Å². The Morgan fingerprint density at radius 1 is 1.38 bits per heavy atom. The summed E-state index contributed by atoms with van der Waals surface area (Å²) in [4.78, 5) is 6.85. The lowest BCUT2D eigenvalue weighted by molar-refractivity contribution is 0.190. The molecular weight excluding hydrogens is 284 g/mol. The van der Waals surface area contributed by atoms with Gasteiger partial charge < -0.3 is 9.84 Å². The lowest BCUT2D eigenvalue weighted by Gasteiger charge is -2.30. The van der Waals surface area contributed by atoms with Gasteiger partial charge in [0, 0.05) is 29.9 Å². The molecule has 1 atom stereocenters. The summed E-state index contributed by atoms with van der Waals surface area (Å²) in [6.07, 6.45) is 0. The van der Waals surface area contributed by atoms with Crippen LogP contribution in [0.3, 0.4) is 0 Å². The summed E-state index contributed by atoms with van der Waals surface area (Å²) in [5.41, 5.74) is 0.978. The Balaban J connectivity index is 1.66. The van der Waals surface area contributed by atoms with E-state index in [1.807, 2.05) is 6.07 Å². The Bertz CT molecular complexity index is 766. The minimum atomic E-state index is 0.182. The Labute approximate surface area is 126 Å². The fourth-order valence-electron chi connectivity index (χ4n) is 2.68. The van der Waals surface area contributed by atoms with Gasteiger partial charge >= 0.3 is 0 Å². The number of fused-ring (bicyclic) bond motifs is 1. The molecule has 1 fully saturated rings. The zero-order valence-electron chi connectivity index (χ0n) is 11.7. The standard InChI is InChI=1S/C15H16N4OS/c1-19-6-5-16-9-12(19)14-17-15(20-18-14)11-2-3-13-10(8-11)4-7-21-13/h2-4,7-8,12,16H,5-6,9H2,1H3. The van der Waals surface area contributed by atoms with Crippen molar-refractivity contribution in [1.29, 1.82) is 0 Å². The second-order valence-electron chi connectivity index (χ2n) is 5.33. The molecule has 2 aromatic heterocycles. The predicted molar refractivity (Wildman–Crippen MR) is 83.4 cm³/mol. The molecular formula is C15H16N4OS. The second-order valence-corrected chi connectivity index (χ2v) is 6.28. The third-order valence-electron chi connectivity index (χ3n) is 3.95. The van der Waals surface area contributed by atoms with Crippen LogP contribution in [0.25, 0.3) is 21.5 Å². The number of aromatic nitrogens is 2. The average molecular weight is 300 g/mol. The molecule has 1 N–H and O–H groups in total. The van der Waals surface area contributed by atoms with E-state index >= 15 is 0 Å². The summed E-state index contributed by atoms with van der Waals surface area (Å²) >= 11 is 1.74. The van der Waals surface area contributed by atoms with Crippen LogP contribution in [0.4, 0.5) is 0 Å². The van der Waals surface area contributed by atoms with Crippen molar-refractivity contribution in [2.24, 2.45) is 0 Å². The summed E-state index contributed by atoms with van der Waals surface area (Å²) in [5.74, 6) is 1.35. The molecule has 4 rings (SSSR count). The van der Waals surface area contributed by atoms with Gasteiger partial charge in [0.25, 0.3) is 5.89 Å². The van der Waals surface area contributed by atoms with Gasteiger partial charge in [0.1, 0.15) is 0 Å². The highest BCUT2D eigenvalue weighted by Gasteiger charge is 2.25. The van der Waals surface area contributed by atoms with Crippen LogP contribution in [0.15, 0.2) is 34.2 Å². The van der Waals surface area contributed by atoms with Crippen molar-refractivity contribution in [2.75, 3.05) is 26.7 Å². The topological polar surface area (TPSA) is 54.2 Å². The first-order valence-electron chi connectivity index (χ1n) is 7.03. The van der Waals surface area contributed by atoms with E-state index < -0.39 is 0 Å². The van der Waals surface area contributed by atoms with E-state index in [2.05, 4.69) is 51.0 Å². The van der Waals surface area contributed by atoms with Gasteiger partial charge in [-0.2, -0.15) is 4.98 Å². The number of thiophene rings is 1. The van der Waals surface area contributed by atoms with Crippen molar-refractivity contribution in [1.82, 2.24) is 20.4 Å². The molecule has 5 nitrogen and oxygen atoms in total. The molecule has 21 heavy (non-hydrogen) atoms. The number of hydrogen-bond acceptors (Lipinski definition) is 6. The summed E-state index contributed by atoms with van der Waals surface area (Å²) in [5, 5.41) is 10.9. The van der Waals surface area contributed by atoms with Crippen molar-refractivity contribution in [3.8, 4) is 11.5 Å². The lowest BCUT2D eigenvalue weighted by atomic mass is 10.1. The monoisotopic (exact) mass is 300 g/mol. The molecule has 1 aliphatic heterocycles. The first-order chi connectivity index (χ1) is 10.3. The van der Waals surface area contributed by atoms with Crippen LogP contribution in [0.1, 0.15) is 11.9 Å². The van der Waals surface area contributed by atoms with Gasteiger partial charge in [-0.05, 0) is 42.1 Å². The second kappa shape index (κ2) is 5.22. The zero-order valence-corrected chi connectivity index (χ0v) is 12.6. The molecule has 1 aromatic carbocycles. The molecule has 0 saturated carbocycles. The van der Waals surface area contributed by atoms with Gasteiger partial charge in [-0.3, -0.25) is 4.90 Å². The number of benzene rings is 1. The molecule has 0 amide bonds. The lowest BCUT2D eigenvalue weighted by Crippen LogP contribution is -2.44. The molecule has 3 aromatic rings. The van der Waals surface area contributed by atoms with Gasteiger partial charge in [0.15, 0.2) is 5.82 Å². The molecule has 0 spiro atoms. The van der Waals surface area contributed by atoms with E-state index in [1.165, 1.54) is 10.1 Å². The summed E-state index contributed by atoms with van der Waals surface area (Å²) in [7, 11) is 2.10. The fraction of sp³-hybridized carbons (Fsp3) is 0.333. The molecule has 108 valence electrons. The Morgan fingerprint density at radius 3 is 3.24 bits per heavy atom. The summed E-state index contributed by atoms with van der Waals surface area (Å²) < 4.78 is 6.74. The smallest absolute Gasteiger partial charge is 0.258 e. The Kier molecular flexibility index (Phi) is 3.21. The maximum absolute atomic E-state index is 5.47. The number of nitrogens with one attached hydrogen (secondary N) is 1.